The van der Waals surface area contributed by atoms with E-state index in [0.29, 0.717) is 5.56 Å². The predicted molar refractivity (Wildman–Crippen MR) is 131 cm³/mol. The molecule has 0 saturated heterocycles. The molecule has 0 amide bonds. The number of hydrogen-bond donors (Lipinski definition) is 0. The topological polar surface area (TPSA) is 12.9 Å². The van der Waals surface area contributed by atoms with Gasteiger partial charge in [0.15, 0.2) is 0 Å². The maximum absolute atomic E-state index is 8.24. The summed E-state index contributed by atoms with van der Waals surface area (Å²) < 4.78 is 26.2. The predicted octanol–water partition coefficient (Wildman–Crippen LogP) is 7.52. The minimum atomic E-state index is -2.24. The molecule has 0 fully saturated rings. The summed E-state index contributed by atoms with van der Waals surface area (Å²) >= 11 is -2.09. The van der Waals surface area contributed by atoms with E-state index >= 15 is 0 Å². The van der Waals surface area contributed by atoms with Gasteiger partial charge in [-0.25, -0.2) is 0 Å². The molecule has 1 nitrogen and oxygen atoms in total. The molecule has 0 aliphatic heterocycles. The van der Waals surface area contributed by atoms with Gasteiger partial charge in [-0.1, -0.05) is 0 Å². The molecule has 0 bridgehead atoms. The average molecular weight is 449 g/mol. The molecule has 0 radical (unpaired) electrons. The summed E-state index contributed by atoms with van der Waals surface area (Å²) in [7, 11) is 0. The quantitative estimate of drug-likeness (QED) is 0.368. The van der Waals surface area contributed by atoms with Gasteiger partial charge >= 0.3 is 184 Å². The Balaban J connectivity index is 2.44. The number of nitrogens with zero attached hydrogens (tertiary/aromatic N) is 1. The Hall–Kier alpha value is -1.87. The number of pyridine rings is 1. The summed E-state index contributed by atoms with van der Waals surface area (Å²) in [5.41, 5.74) is 6.46. The Labute approximate surface area is 184 Å². The van der Waals surface area contributed by atoms with E-state index in [4.69, 9.17) is 4.11 Å². The number of aromatic nitrogens is 1. The Bertz CT molecular complexity index is 1070. The van der Waals surface area contributed by atoms with Crippen molar-refractivity contribution in [3.63, 3.8) is 0 Å². The van der Waals surface area contributed by atoms with Gasteiger partial charge in [0, 0.05) is 0 Å². The molecule has 0 aliphatic rings. The first-order valence-electron chi connectivity index (χ1n) is 12.0. The van der Waals surface area contributed by atoms with Crippen molar-refractivity contribution in [1.29, 1.82) is 0 Å². The van der Waals surface area contributed by atoms with Gasteiger partial charge in [-0.05, 0) is 0 Å². The van der Waals surface area contributed by atoms with Crippen LogP contribution in [0.3, 0.4) is 0 Å². The van der Waals surface area contributed by atoms with Gasteiger partial charge in [0.2, 0.25) is 0 Å². The zero-order chi connectivity index (χ0) is 23.8. The molecule has 0 unspecified atom stereocenters. The zero-order valence-electron chi connectivity index (χ0n) is 21.8. The summed E-state index contributed by atoms with van der Waals surface area (Å²) in [6.45, 7) is 6.58. The van der Waals surface area contributed by atoms with E-state index in [0.717, 1.165) is 22.4 Å². The second-order valence-corrected chi connectivity index (χ2v) is 20.2. The Morgan fingerprint density at radius 1 is 0.862 bits per heavy atom. The van der Waals surface area contributed by atoms with E-state index in [2.05, 4.69) is 62.1 Å². The summed E-state index contributed by atoms with van der Waals surface area (Å²) in [6, 6.07) is 16.7. The molecule has 29 heavy (non-hydrogen) atoms. The summed E-state index contributed by atoms with van der Waals surface area (Å²) in [6.07, 6.45) is 1.56. The maximum atomic E-state index is 8.24. The van der Waals surface area contributed by atoms with Gasteiger partial charge < -0.3 is 0 Å². The zero-order valence-corrected chi connectivity index (χ0v) is 20.9. The van der Waals surface area contributed by atoms with Gasteiger partial charge in [-0.2, -0.15) is 0 Å². The molecule has 0 saturated carbocycles. The van der Waals surface area contributed by atoms with Crippen LogP contribution in [0.2, 0.25) is 17.3 Å². The van der Waals surface area contributed by atoms with Crippen LogP contribution in [0.5, 0.6) is 0 Å². The minimum absolute atomic E-state index is 0.282. The number of hydrogen-bond acceptors (Lipinski definition) is 1. The molecular weight excluding hydrogens is 411 g/mol. The fourth-order valence-electron chi connectivity index (χ4n) is 3.77. The van der Waals surface area contributed by atoms with Gasteiger partial charge in [0.25, 0.3) is 0 Å². The molecule has 0 atom stereocenters. The van der Waals surface area contributed by atoms with Gasteiger partial charge in [-0.3, -0.25) is 0 Å². The second-order valence-electron chi connectivity index (χ2n) is 9.57. The molecular formula is C27H35GeN. The summed E-state index contributed by atoms with van der Waals surface area (Å²) in [5, 5.41) is 0. The van der Waals surface area contributed by atoms with Crippen LogP contribution in [0.15, 0.2) is 54.7 Å². The molecule has 1 aromatic heterocycles. The van der Waals surface area contributed by atoms with Crippen molar-refractivity contribution in [2.24, 2.45) is 0 Å². The van der Waals surface area contributed by atoms with Crippen molar-refractivity contribution in [3.8, 4) is 22.4 Å². The van der Waals surface area contributed by atoms with E-state index in [-0.39, 0.29) is 11.8 Å². The fourth-order valence-corrected chi connectivity index (χ4v) is 6.24. The Morgan fingerprint density at radius 2 is 1.45 bits per heavy atom. The van der Waals surface area contributed by atoms with E-state index in [1.807, 2.05) is 36.4 Å². The van der Waals surface area contributed by atoms with Gasteiger partial charge in [0.1, 0.15) is 0 Å². The molecule has 0 aliphatic carbocycles. The standard InChI is InChI=1S/C27H35GeN/c1-18(2)23-14-22(28(6,7)8)15-24(19(3)4)27(23)25-16-26(29-17-20(25)5)21-12-10-9-11-13-21/h9-19H,1-8H3/i5D3. The van der Waals surface area contributed by atoms with Crippen LogP contribution in [0.25, 0.3) is 22.4 Å². The molecule has 2 heteroatoms. The van der Waals surface area contributed by atoms with Crippen LogP contribution >= 0.6 is 0 Å². The van der Waals surface area contributed by atoms with E-state index < -0.39 is 20.1 Å². The van der Waals surface area contributed by atoms with E-state index in [1.165, 1.54) is 15.5 Å². The number of benzene rings is 2. The average Bonchev–Trinajstić information content (AvgIpc) is 2.71. The monoisotopic (exact) mass is 450 g/mol. The van der Waals surface area contributed by atoms with Crippen molar-refractivity contribution >= 4 is 17.7 Å². The van der Waals surface area contributed by atoms with Crippen LogP contribution in [0.4, 0.5) is 0 Å². The molecule has 152 valence electrons. The first-order valence-corrected chi connectivity index (χ1v) is 17.9. The second kappa shape index (κ2) is 8.48. The molecule has 3 aromatic rings. The molecule has 2 aromatic carbocycles. The van der Waals surface area contributed by atoms with Gasteiger partial charge in [-0.15, -0.1) is 0 Å². The summed E-state index contributed by atoms with van der Waals surface area (Å²) in [5.74, 6) is 7.81. The van der Waals surface area contributed by atoms with Crippen LogP contribution in [-0.4, -0.2) is 18.3 Å². The number of aryl methyl sites for hydroxylation is 1. The van der Waals surface area contributed by atoms with E-state index in [9.17, 15) is 0 Å². The van der Waals surface area contributed by atoms with Crippen LogP contribution in [-0.2, 0) is 0 Å². The van der Waals surface area contributed by atoms with Crippen molar-refractivity contribution < 1.29 is 4.11 Å². The molecule has 1 heterocycles. The van der Waals surface area contributed by atoms with Crippen molar-refractivity contribution in [3.05, 3.63) is 71.4 Å². The number of rotatable bonds is 5. The third-order valence-corrected chi connectivity index (χ3v) is 9.79. The first kappa shape index (κ1) is 17.9. The third-order valence-electron chi connectivity index (χ3n) is 5.55. The van der Waals surface area contributed by atoms with Gasteiger partial charge in [0.05, 0.1) is 0 Å². The van der Waals surface area contributed by atoms with E-state index in [1.54, 1.807) is 6.20 Å². The molecule has 0 N–H and O–H groups in total. The molecule has 0 spiro atoms. The third kappa shape index (κ3) is 4.66. The first-order chi connectivity index (χ1) is 14.8. The van der Waals surface area contributed by atoms with Crippen molar-refractivity contribution in [2.75, 3.05) is 0 Å². The van der Waals surface area contributed by atoms with Crippen LogP contribution in [0.1, 0.15) is 60.3 Å². The Kier molecular flexibility index (Phi) is 5.24. The SMILES string of the molecule is [2H]C([2H])([2H])c1cnc(-c2ccccc2)cc1-c1c(C(C)C)c[c]([Ge]([CH3])([CH3])[CH3])cc1C(C)C. The normalized spacial score (nSPS) is 14.0. The van der Waals surface area contributed by atoms with Crippen LogP contribution in [0, 0.1) is 6.85 Å². The van der Waals surface area contributed by atoms with Crippen molar-refractivity contribution in [1.82, 2.24) is 4.98 Å². The Morgan fingerprint density at radius 3 is 1.93 bits per heavy atom. The molecule has 3 rings (SSSR count). The van der Waals surface area contributed by atoms with Crippen molar-refractivity contribution in [2.45, 2.75) is 63.7 Å². The summed E-state index contributed by atoms with van der Waals surface area (Å²) in [4.78, 5) is 4.56. The van der Waals surface area contributed by atoms with Crippen LogP contribution < -0.4 is 4.40 Å². The fraction of sp³-hybridized carbons (Fsp3) is 0.370.